The first-order chi connectivity index (χ1) is 16.5. The molecule has 1 saturated heterocycles. The highest BCUT2D eigenvalue weighted by molar-refractivity contribution is 7.89. The van der Waals surface area contributed by atoms with Crippen LogP contribution in [0.3, 0.4) is 0 Å². The van der Waals surface area contributed by atoms with Crippen molar-refractivity contribution in [1.29, 1.82) is 0 Å². The Morgan fingerprint density at radius 1 is 0.912 bits per heavy atom. The van der Waals surface area contributed by atoms with E-state index in [1.54, 1.807) is 47.0 Å². The minimum atomic E-state index is -3.69. The van der Waals surface area contributed by atoms with E-state index >= 15 is 0 Å². The van der Waals surface area contributed by atoms with E-state index in [-0.39, 0.29) is 16.8 Å². The van der Waals surface area contributed by atoms with E-state index < -0.39 is 10.0 Å². The largest absolute Gasteiger partial charge is 0.322 e. The van der Waals surface area contributed by atoms with Gasteiger partial charge >= 0.3 is 0 Å². The van der Waals surface area contributed by atoms with Gasteiger partial charge in [-0.2, -0.15) is 4.31 Å². The molecule has 1 fully saturated rings. The summed E-state index contributed by atoms with van der Waals surface area (Å²) < 4.78 is 28.5. The predicted octanol–water partition coefficient (Wildman–Crippen LogP) is 5.40. The van der Waals surface area contributed by atoms with Gasteiger partial charge in [-0.1, -0.05) is 42.8 Å². The van der Waals surface area contributed by atoms with Crippen LogP contribution in [0.1, 0.15) is 41.2 Å². The molecular formula is C27H25N3O3S. The fraction of sp³-hybridized carbons (Fsp3) is 0.185. The first kappa shape index (κ1) is 22.3. The van der Waals surface area contributed by atoms with Gasteiger partial charge in [0.25, 0.3) is 5.91 Å². The molecule has 1 unspecified atom stereocenters. The normalized spacial score (nSPS) is 16.9. The number of pyridine rings is 1. The van der Waals surface area contributed by atoms with E-state index in [0.717, 1.165) is 35.6 Å². The SMILES string of the molecule is O=C(Nc1ccc(S(=O)(=O)N2CCCCC2c2cccnc2)cc1)c1ccc2ccccc2c1. The maximum Gasteiger partial charge on any atom is 0.255 e. The van der Waals surface area contributed by atoms with Gasteiger partial charge in [0.05, 0.1) is 10.9 Å². The number of aromatic nitrogens is 1. The Balaban J connectivity index is 1.34. The van der Waals surface area contributed by atoms with Crippen molar-refractivity contribution >= 4 is 32.4 Å². The van der Waals surface area contributed by atoms with Gasteiger partial charge in [0, 0.05) is 30.2 Å². The number of nitrogens with one attached hydrogen (secondary N) is 1. The van der Waals surface area contributed by atoms with Crippen LogP contribution in [0, 0.1) is 0 Å². The summed E-state index contributed by atoms with van der Waals surface area (Å²) in [7, 11) is -3.69. The first-order valence-electron chi connectivity index (χ1n) is 11.3. The Morgan fingerprint density at radius 3 is 2.47 bits per heavy atom. The van der Waals surface area contributed by atoms with Crippen molar-refractivity contribution in [3.63, 3.8) is 0 Å². The highest BCUT2D eigenvalue weighted by atomic mass is 32.2. The van der Waals surface area contributed by atoms with Crippen molar-refractivity contribution in [2.24, 2.45) is 0 Å². The summed E-state index contributed by atoms with van der Waals surface area (Å²) in [4.78, 5) is 17.1. The molecule has 1 amide bonds. The maximum atomic E-state index is 13.5. The van der Waals surface area contributed by atoms with Crippen LogP contribution in [0.25, 0.3) is 10.8 Å². The molecule has 0 radical (unpaired) electrons. The molecule has 0 spiro atoms. The van der Waals surface area contributed by atoms with Crippen LogP contribution in [0.4, 0.5) is 5.69 Å². The molecular weight excluding hydrogens is 446 g/mol. The molecule has 34 heavy (non-hydrogen) atoms. The minimum absolute atomic E-state index is 0.215. The van der Waals surface area contributed by atoms with Crippen LogP contribution in [0.2, 0.25) is 0 Å². The molecule has 4 aromatic rings. The Morgan fingerprint density at radius 2 is 1.71 bits per heavy atom. The zero-order valence-corrected chi connectivity index (χ0v) is 19.4. The van der Waals surface area contributed by atoms with Crippen molar-refractivity contribution < 1.29 is 13.2 Å². The lowest BCUT2D eigenvalue weighted by atomic mass is 9.99. The Hall–Kier alpha value is -3.55. The molecule has 1 N–H and O–H groups in total. The smallest absolute Gasteiger partial charge is 0.255 e. The molecule has 1 aromatic heterocycles. The number of fused-ring (bicyclic) bond motifs is 1. The highest BCUT2D eigenvalue weighted by Crippen LogP contribution is 2.35. The molecule has 0 saturated carbocycles. The molecule has 0 aliphatic carbocycles. The zero-order chi connectivity index (χ0) is 23.5. The molecule has 1 aliphatic heterocycles. The van der Waals surface area contributed by atoms with Gasteiger partial charge in [0.2, 0.25) is 10.0 Å². The number of carbonyl (C=O) groups is 1. The molecule has 2 heterocycles. The summed E-state index contributed by atoms with van der Waals surface area (Å²) in [5.41, 5.74) is 1.99. The number of piperidine rings is 1. The van der Waals surface area contributed by atoms with Gasteiger partial charge in [0.15, 0.2) is 0 Å². The van der Waals surface area contributed by atoms with E-state index in [2.05, 4.69) is 10.3 Å². The molecule has 1 atom stereocenters. The summed E-state index contributed by atoms with van der Waals surface area (Å²) in [6.07, 6.45) is 6.01. The fourth-order valence-corrected chi connectivity index (χ4v) is 6.16. The topological polar surface area (TPSA) is 79.4 Å². The van der Waals surface area contributed by atoms with E-state index in [9.17, 15) is 13.2 Å². The quantitative estimate of drug-likeness (QED) is 0.422. The van der Waals surface area contributed by atoms with E-state index in [1.807, 2.05) is 48.5 Å². The lowest BCUT2D eigenvalue weighted by Crippen LogP contribution is -2.38. The van der Waals surface area contributed by atoms with Gasteiger partial charge in [-0.05, 0) is 71.6 Å². The summed E-state index contributed by atoms with van der Waals surface area (Å²) >= 11 is 0. The van der Waals surface area contributed by atoms with Crippen LogP contribution in [0.5, 0.6) is 0 Å². The highest BCUT2D eigenvalue weighted by Gasteiger charge is 2.34. The zero-order valence-electron chi connectivity index (χ0n) is 18.6. The summed E-state index contributed by atoms with van der Waals surface area (Å²) in [5, 5.41) is 4.91. The second-order valence-electron chi connectivity index (χ2n) is 8.45. The number of hydrogen-bond donors (Lipinski definition) is 1. The van der Waals surface area contributed by atoms with Gasteiger partial charge in [-0.15, -0.1) is 0 Å². The number of anilines is 1. The summed E-state index contributed by atoms with van der Waals surface area (Å²) in [6.45, 7) is 0.475. The fourth-order valence-electron chi connectivity index (χ4n) is 4.48. The van der Waals surface area contributed by atoms with E-state index in [4.69, 9.17) is 0 Å². The Labute approximate surface area is 199 Å². The van der Waals surface area contributed by atoms with Gasteiger partial charge in [-0.3, -0.25) is 9.78 Å². The average Bonchev–Trinajstić information content (AvgIpc) is 2.89. The molecule has 1 aliphatic rings. The third kappa shape index (κ3) is 4.44. The maximum absolute atomic E-state index is 13.5. The lowest BCUT2D eigenvalue weighted by Gasteiger charge is -2.34. The third-order valence-electron chi connectivity index (χ3n) is 6.25. The van der Waals surface area contributed by atoms with Crippen molar-refractivity contribution in [2.75, 3.05) is 11.9 Å². The van der Waals surface area contributed by atoms with Gasteiger partial charge in [0.1, 0.15) is 0 Å². The molecule has 5 rings (SSSR count). The lowest BCUT2D eigenvalue weighted by molar-refractivity contribution is 0.102. The number of benzene rings is 3. The number of hydrogen-bond acceptors (Lipinski definition) is 4. The number of carbonyl (C=O) groups excluding carboxylic acids is 1. The van der Waals surface area contributed by atoms with Crippen LogP contribution in [-0.4, -0.2) is 30.2 Å². The summed E-state index contributed by atoms with van der Waals surface area (Å²) in [6, 6.07) is 23.3. The minimum Gasteiger partial charge on any atom is -0.322 e. The van der Waals surface area contributed by atoms with Gasteiger partial charge < -0.3 is 5.32 Å². The number of rotatable bonds is 5. The van der Waals surface area contributed by atoms with E-state index in [0.29, 0.717) is 17.8 Å². The number of nitrogens with zero attached hydrogens (tertiary/aromatic N) is 2. The standard InChI is InChI=1S/C27H25N3O3S/c31-27(22-11-10-20-6-1-2-7-21(20)18-22)29-24-12-14-25(15-13-24)34(32,33)30-17-4-3-9-26(30)23-8-5-16-28-19-23/h1-2,5-8,10-16,18-19,26H,3-4,9,17H2,(H,29,31). The second-order valence-corrected chi connectivity index (χ2v) is 10.3. The van der Waals surface area contributed by atoms with Crippen LogP contribution < -0.4 is 5.32 Å². The van der Waals surface area contributed by atoms with Crippen LogP contribution in [0.15, 0.2) is 96.2 Å². The predicted molar refractivity (Wildman–Crippen MR) is 133 cm³/mol. The van der Waals surface area contributed by atoms with E-state index in [1.165, 1.54) is 0 Å². The number of sulfonamides is 1. The molecule has 0 bridgehead atoms. The Kier molecular flexibility index (Phi) is 6.13. The third-order valence-corrected chi connectivity index (χ3v) is 8.18. The Bertz CT molecular complexity index is 1420. The van der Waals surface area contributed by atoms with Crippen molar-refractivity contribution in [1.82, 2.24) is 9.29 Å². The molecule has 172 valence electrons. The first-order valence-corrected chi connectivity index (χ1v) is 12.8. The monoisotopic (exact) mass is 471 g/mol. The summed E-state index contributed by atoms with van der Waals surface area (Å²) in [5.74, 6) is -0.242. The van der Waals surface area contributed by atoms with Crippen molar-refractivity contribution in [3.8, 4) is 0 Å². The van der Waals surface area contributed by atoms with Gasteiger partial charge in [-0.25, -0.2) is 8.42 Å². The number of amides is 1. The molecule has 7 heteroatoms. The van der Waals surface area contributed by atoms with Crippen molar-refractivity contribution in [2.45, 2.75) is 30.2 Å². The van der Waals surface area contributed by atoms with Crippen molar-refractivity contribution in [3.05, 3.63) is 102 Å². The second kappa shape index (κ2) is 9.37. The molecule has 3 aromatic carbocycles. The van der Waals surface area contributed by atoms with Crippen LogP contribution >= 0.6 is 0 Å². The average molecular weight is 472 g/mol. The molecule has 6 nitrogen and oxygen atoms in total. The van der Waals surface area contributed by atoms with Crippen LogP contribution in [-0.2, 0) is 10.0 Å².